The van der Waals surface area contributed by atoms with E-state index in [1.165, 1.54) is 0 Å². The zero-order valence-electron chi connectivity index (χ0n) is 17.3. The second-order valence-corrected chi connectivity index (χ2v) is 7.51. The van der Waals surface area contributed by atoms with Crippen molar-refractivity contribution in [1.82, 2.24) is 29.5 Å². The van der Waals surface area contributed by atoms with Crippen LogP contribution in [-0.4, -0.2) is 35.7 Å². The lowest BCUT2D eigenvalue weighted by Crippen LogP contribution is -2.10. The fourth-order valence-corrected chi connectivity index (χ4v) is 3.62. The lowest BCUT2D eigenvalue weighted by atomic mass is 10.1. The average molecular weight is 449 g/mol. The van der Waals surface area contributed by atoms with Crippen molar-refractivity contribution in [2.75, 3.05) is 5.32 Å². The van der Waals surface area contributed by atoms with Gasteiger partial charge in [0.15, 0.2) is 0 Å². The molecule has 0 unspecified atom stereocenters. The highest BCUT2D eigenvalue weighted by Gasteiger charge is 2.27. The Kier molecular flexibility index (Phi) is 5.04. The monoisotopic (exact) mass is 449 g/mol. The maximum atomic E-state index is 12.5. The molecule has 0 fully saturated rings. The zero-order valence-corrected chi connectivity index (χ0v) is 17.3. The number of hydrogen-bond acceptors (Lipinski definition) is 5. The molecule has 0 radical (unpaired) electrons. The highest BCUT2D eigenvalue weighted by molar-refractivity contribution is 5.94. The maximum Gasteiger partial charge on any atom is 0.389 e. The molecule has 0 aliphatic rings. The number of nitrogens with one attached hydrogen (secondary N) is 2. The molecule has 0 aromatic carbocycles. The topological polar surface area (TPSA) is 83.8 Å². The molecule has 7 nitrogen and oxygen atoms in total. The van der Waals surface area contributed by atoms with Gasteiger partial charge in [-0.15, -0.1) is 0 Å². The van der Waals surface area contributed by atoms with Gasteiger partial charge in [0.2, 0.25) is 0 Å². The van der Waals surface area contributed by atoms with Gasteiger partial charge in [0.05, 0.1) is 30.0 Å². The number of pyridine rings is 2. The number of rotatable bonds is 6. The lowest BCUT2D eigenvalue weighted by molar-refractivity contribution is -0.134. The number of aromatic nitrogens is 6. The molecule has 0 saturated heterocycles. The quantitative estimate of drug-likeness (QED) is 0.370. The molecule has 0 aliphatic carbocycles. The molecule has 0 spiro atoms. The highest BCUT2D eigenvalue weighted by atomic mass is 19.4. The summed E-state index contributed by atoms with van der Waals surface area (Å²) in [6.07, 6.45) is 4.85. The predicted octanol–water partition coefficient (Wildman–Crippen LogP) is 5.25. The van der Waals surface area contributed by atoms with Gasteiger partial charge >= 0.3 is 6.18 Å². The molecule has 5 heterocycles. The zero-order chi connectivity index (χ0) is 23.0. The van der Waals surface area contributed by atoms with Gasteiger partial charge in [-0.05, 0) is 29.8 Å². The summed E-state index contributed by atoms with van der Waals surface area (Å²) in [5.74, 6) is 0.152. The van der Waals surface area contributed by atoms with E-state index in [9.17, 15) is 13.2 Å². The fourth-order valence-electron chi connectivity index (χ4n) is 3.62. The first kappa shape index (κ1) is 20.7. The first-order chi connectivity index (χ1) is 15.9. The predicted molar refractivity (Wildman–Crippen MR) is 119 cm³/mol. The van der Waals surface area contributed by atoms with Crippen LogP contribution in [-0.2, 0) is 6.42 Å². The molecular formula is C23H18F3N7. The van der Waals surface area contributed by atoms with Crippen LogP contribution in [0.2, 0.25) is 0 Å². The summed E-state index contributed by atoms with van der Waals surface area (Å²) in [7, 11) is 0. The normalized spacial score (nSPS) is 11.8. The molecule has 5 aromatic rings. The molecule has 0 atom stereocenters. The van der Waals surface area contributed by atoms with E-state index < -0.39 is 12.6 Å². The van der Waals surface area contributed by atoms with Crippen LogP contribution in [0.15, 0.2) is 68.0 Å². The summed E-state index contributed by atoms with van der Waals surface area (Å²) >= 11 is 0. The Morgan fingerprint density at radius 3 is 2.85 bits per heavy atom. The van der Waals surface area contributed by atoms with Gasteiger partial charge < -0.3 is 10.3 Å². The molecular weight excluding hydrogens is 431 g/mol. The molecule has 5 aromatic heterocycles. The molecule has 10 heteroatoms. The van der Waals surface area contributed by atoms with Crippen LogP contribution in [0.25, 0.3) is 33.4 Å². The van der Waals surface area contributed by atoms with Crippen LogP contribution >= 0.6 is 0 Å². The van der Waals surface area contributed by atoms with E-state index in [0.717, 1.165) is 33.3 Å². The number of anilines is 1. The number of halogens is 3. The number of aromatic amines is 1. The third kappa shape index (κ3) is 4.27. The van der Waals surface area contributed by atoms with Gasteiger partial charge in [0.25, 0.3) is 0 Å². The number of hydrogen-bond donors (Lipinski definition) is 2. The number of fused-ring (bicyclic) bond motifs is 2. The van der Waals surface area contributed by atoms with Crippen LogP contribution in [0.4, 0.5) is 18.9 Å². The summed E-state index contributed by atoms with van der Waals surface area (Å²) < 4.78 is 39.3. The van der Waals surface area contributed by atoms with Crippen LogP contribution in [0.3, 0.4) is 0 Å². The van der Waals surface area contributed by atoms with Crippen molar-refractivity contribution in [2.24, 2.45) is 0 Å². The van der Waals surface area contributed by atoms with E-state index in [1.807, 2.05) is 30.5 Å². The molecule has 0 saturated carbocycles. The minimum atomic E-state index is -4.24. The summed E-state index contributed by atoms with van der Waals surface area (Å²) in [5.41, 5.74) is 5.37. The largest absolute Gasteiger partial charge is 0.389 e. The third-order valence-electron chi connectivity index (χ3n) is 5.23. The van der Waals surface area contributed by atoms with Crippen molar-refractivity contribution >= 4 is 27.9 Å². The first-order valence-electron chi connectivity index (χ1n) is 10.1. The van der Waals surface area contributed by atoms with Crippen molar-refractivity contribution < 1.29 is 13.2 Å². The van der Waals surface area contributed by atoms with E-state index in [-0.39, 0.29) is 12.2 Å². The van der Waals surface area contributed by atoms with Crippen molar-refractivity contribution in [2.45, 2.75) is 19.0 Å². The summed E-state index contributed by atoms with van der Waals surface area (Å²) in [6.45, 7) is 4.13. The van der Waals surface area contributed by atoms with Crippen molar-refractivity contribution in [1.29, 1.82) is 0 Å². The Balaban J connectivity index is 1.46. The van der Waals surface area contributed by atoms with Crippen LogP contribution in [0.1, 0.15) is 17.8 Å². The van der Waals surface area contributed by atoms with Crippen molar-refractivity contribution in [3.05, 3.63) is 79.4 Å². The average Bonchev–Trinajstić information content (AvgIpc) is 3.41. The number of H-pyrrole nitrogens is 1. The smallest absolute Gasteiger partial charge is 0.354 e. The van der Waals surface area contributed by atoms with E-state index in [2.05, 4.69) is 36.9 Å². The van der Waals surface area contributed by atoms with E-state index >= 15 is 0 Å². The molecule has 0 aliphatic heterocycles. The second-order valence-electron chi connectivity index (χ2n) is 7.51. The third-order valence-corrected chi connectivity index (χ3v) is 5.23. The molecule has 0 bridgehead atoms. The summed E-state index contributed by atoms with van der Waals surface area (Å²) in [6, 6.07) is 7.60. The Labute approximate surface area is 186 Å². The van der Waals surface area contributed by atoms with Crippen LogP contribution in [0, 0.1) is 0 Å². The van der Waals surface area contributed by atoms with Gasteiger partial charge in [-0.2, -0.15) is 18.3 Å². The van der Waals surface area contributed by atoms with Crippen LogP contribution < -0.4 is 5.32 Å². The van der Waals surface area contributed by atoms with E-state index in [4.69, 9.17) is 0 Å². The Morgan fingerprint density at radius 2 is 2.06 bits per heavy atom. The van der Waals surface area contributed by atoms with Gasteiger partial charge in [-0.1, -0.05) is 6.58 Å². The fraction of sp³-hybridized carbons (Fsp3) is 0.130. The Bertz CT molecular complexity index is 1450. The molecule has 2 N–H and O–H groups in total. The molecule has 166 valence electrons. The number of nitrogens with zero attached hydrogens (tertiary/aromatic N) is 5. The summed E-state index contributed by atoms with van der Waals surface area (Å²) in [4.78, 5) is 15.5. The minimum absolute atomic E-state index is 0.152. The first-order valence-corrected chi connectivity index (χ1v) is 10.1. The Hall–Kier alpha value is -4.21. The Morgan fingerprint density at radius 1 is 1.18 bits per heavy atom. The van der Waals surface area contributed by atoms with E-state index in [1.54, 1.807) is 35.5 Å². The van der Waals surface area contributed by atoms with Gasteiger partial charge in [-0.3, -0.25) is 4.98 Å². The molecule has 5 rings (SSSR count). The van der Waals surface area contributed by atoms with Crippen molar-refractivity contribution in [3.63, 3.8) is 0 Å². The van der Waals surface area contributed by atoms with Crippen LogP contribution in [0.5, 0.6) is 0 Å². The number of alkyl halides is 3. The van der Waals surface area contributed by atoms with Gasteiger partial charge in [0, 0.05) is 53.4 Å². The molecule has 0 amide bonds. The van der Waals surface area contributed by atoms with Gasteiger partial charge in [-0.25, -0.2) is 14.5 Å². The number of aryl methyl sites for hydroxylation is 1. The molecule has 33 heavy (non-hydrogen) atoms. The lowest BCUT2D eigenvalue weighted by Gasteiger charge is -2.08. The van der Waals surface area contributed by atoms with Crippen molar-refractivity contribution in [3.8, 4) is 11.1 Å². The maximum absolute atomic E-state index is 12.5. The second kappa shape index (κ2) is 8.05. The standard InChI is InChI=1S/C23H18F3N7/c1-14(31-16-3-2-7-27-10-16)17-13-30-33-8-5-15(9-20(17)33)18-11-29-22-19(18)12-28-21(32-22)4-6-23(24,25)26/h2-3,5,7-13,31H,1,4,6H2,(H,28,29,32). The minimum Gasteiger partial charge on any atom is -0.354 e. The van der Waals surface area contributed by atoms with E-state index in [0.29, 0.717) is 11.3 Å². The SMILES string of the molecule is C=C(Nc1cccnc1)c1cnn2ccc(-c3c[nH]c4nc(CCC(F)(F)F)ncc34)cc12. The van der Waals surface area contributed by atoms with Gasteiger partial charge in [0.1, 0.15) is 11.5 Å². The highest BCUT2D eigenvalue weighted by Crippen LogP contribution is 2.30. The summed E-state index contributed by atoms with van der Waals surface area (Å²) in [5, 5.41) is 8.35.